The zero-order chi connectivity index (χ0) is 27.6. The van der Waals surface area contributed by atoms with Crippen LogP contribution in [0.2, 0.25) is 11.8 Å². The van der Waals surface area contributed by atoms with Crippen LogP contribution in [-0.2, 0) is 5.16 Å². The maximum Gasteiger partial charge on any atom is 0.206 e. The Balaban J connectivity index is 0.000000194. The van der Waals surface area contributed by atoms with Crippen molar-refractivity contribution in [2.24, 2.45) is 0 Å². The van der Waals surface area contributed by atoms with E-state index in [2.05, 4.69) is 150 Å². The van der Waals surface area contributed by atoms with Gasteiger partial charge in [0.1, 0.15) is 9.52 Å². The number of hydrogen-bond acceptors (Lipinski definition) is 1. The molecule has 0 fully saturated rings. The molecule has 5 aromatic carbocycles. The average molecular weight is 553 g/mol. The van der Waals surface area contributed by atoms with E-state index >= 15 is 0 Å². The molecule has 0 aliphatic rings. The number of imidazole rings is 1. The first-order valence-electron chi connectivity index (χ1n) is 13.4. The molecule has 2 nitrogen and oxygen atoms in total. The van der Waals surface area contributed by atoms with Crippen molar-refractivity contribution in [3.8, 4) is 0 Å². The third kappa shape index (κ3) is 6.36. The highest BCUT2D eigenvalue weighted by molar-refractivity contribution is 6.84. The van der Waals surface area contributed by atoms with Gasteiger partial charge in [-0.2, -0.15) is 0 Å². The molecule has 6 aromatic rings. The van der Waals surface area contributed by atoms with Crippen LogP contribution < -0.4 is 16.1 Å². The molecule has 0 saturated heterocycles. The zero-order valence-electron chi connectivity index (χ0n) is 22.4. The van der Waals surface area contributed by atoms with E-state index in [4.69, 9.17) is 11.6 Å². The van der Waals surface area contributed by atoms with Crippen molar-refractivity contribution in [3.05, 3.63) is 180 Å². The number of halogens is 1. The third-order valence-electron chi connectivity index (χ3n) is 7.02. The van der Waals surface area contributed by atoms with Crippen molar-refractivity contribution in [1.82, 2.24) is 9.55 Å². The summed E-state index contributed by atoms with van der Waals surface area (Å²) in [4.78, 5) is 4.34. The van der Waals surface area contributed by atoms with E-state index in [-0.39, 0.29) is 5.16 Å². The predicted molar refractivity (Wildman–Crippen MR) is 172 cm³/mol. The fraction of sp³-hybridized carbons (Fsp3) is 0.0571. The van der Waals surface area contributed by atoms with Gasteiger partial charge in [-0.1, -0.05) is 168 Å². The Kier molecular flexibility index (Phi) is 9.12. The minimum absolute atomic E-state index is 0.371. The highest BCUT2D eigenvalue weighted by Gasteiger charge is 2.37. The Hall–Kier alpha value is -4.12. The Morgan fingerprint density at radius 1 is 0.650 bits per heavy atom. The quantitative estimate of drug-likeness (QED) is 0.214. The maximum absolute atomic E-state index is 6.28. The summed E-state index contributed by atoms with van der Waals surface area (Å²) in [5, 5.41) is 1.60. The van der Waals surface area contributed by atoms with Crippen LogP contribution in [0.4, 0.5) is 0 Å². The Morgan fingerprint density at radius 3 is 1.60 bits per heavy atom. The van der Waals surface area contributed by atoms with Crippen molar-refractivity contribution in [1.29, 1.82) is 0 Å². The largest absolute Gasteiger partial charge is 0.326 e. The van der Waals surface area contributed by atoms with Gasteiger partial charge in [0.15, 0.2) is 0 Å². The minimum atomic E-state index is -0.371. The molecule has 0 bridgehead atoms. The molecule has 0 aliphatic carbocycles. The Labute approximate surface area is 245 Å². The summed E-state index contributed by atoms with van der Waals surface area (Å²) in [5.41, 5.74) is 5.20. The number of rotatable bonds is 7. The Bertz CT molecular complexity index is 1500. The van der Waals surface area contributed by atoms with Crippen LogP contribution in [-0.4, -0.2) is 25.8 Å². The lowest BCUT2D eigenvalue weighted by atomic mass is 9.43. The summed E-state index contributed by atoms with van der Waals surface area (Å²) in [6.45, 7) is 2.72. The van der Waals surface area contributed by atoms with Gasteiger partial charge in [-0.25, -0.2) is 4.98 Å². The second-order valence-electron chi connectivity index (χ2n) is 9.59. The second-order valence-corrected chi connectivity index (χ2v) is 11.6. The molecule has 2 radical (unpaired) electrons. The topological polar surface area (TPSA) is 17.8 Å². The standard InChI is InChI=1S/C22H17ClN2Si.C13H13B/c23-20-12-7-13-21(16-20)26-22(25-15-14-24-17-25,18-8-3-1-4-9-18)19-10-5-2-6-11-19;1-14(12-8-4-2-5-9-12)13-10-6-3-7-11-13/h1-17H;2-11H,1H3. The van der Waals surface area contributed by atoms with E-state index in [1.54, 1.807) is 0 Å². The first-order valence-corrected chi connectivity index (χ1v) is 14.8. The summed E-state index contributed by atoms with van der Waals surface area (Å²) in [6.07, 6.45) is 5.78. The molecule has 0 spiro atoms. The summed E-state index contributed by atoms with van der Waals surface area (Å²) in [6, 6.07) is 50.5. The van der Waals surface area contributed by atoms with Gasteiger partial charge in [-0.15, -0.1) is 0 Å². The molecule has 1 heterocycles. The smallest absolute Gasteiger partial charge is 0.206 e. The monoisotopic (exact) mass is 552 g/mol. The molecule has 5 heteroatoms. The van der Waals surface area contributed by atoms with Crippen LogP contribution in [0.15, 0.2) is 164 Å². The van der Waals surface area contributed by atoms with Gasteiger partial charge in [-0.05, 0) is 23.3 Å². The molecule has 0 N–H and O–H groups in total. The van der Waals surface area contributed by atoms with Crippen molar-refractivity contribution in [3.63, 3.8) is 0 Å². The lowest BCUT2D eigenvalue weighted by Gasteiger charge is -2.36. The number of hydrogen-bond donors (Lipinski definition) is 0. The highest BCUT2D eigenvalue weighted by Crippen LogP contribution is 2.33. The summed E-state index contributed by atoms with van der Waals surface area (Å²) in [5.74, 6) is 0. The number of benzene rings is 5. The number of aromatic nitrogens is 2. The van der Waals surface area contributed by atoms with Gasteiger partial charge < -0.3 is 4.57 Å². The second kappa shape index (κ2) is 13.3. The van der Waals surface area contributed by atoms with Crippen LogP contribution >= 0.6 is 11.6 Å². The van der Waals surface area contributed by atoms with Crippen LogP contribution in [0, 0.1) is 0 Å². The van der Waals surface area contributed by atoms with Crippen molar-refractivity contribution < 1.29 is 0 Å². The molecule has 6 rings (SSSR count). The molecule has 0 unspecified atom stereocenters. The van der Waals surface area contributed by atoms with Gasteiger partial charge in [0.05, 0.1) is 11.5 Å². The van der Waals surface area contributed by atoms with Gasteiger partial charge in [0.25, 0.3) is 0 Å². The van der Waals surface area contributed by atoms with Crippen molar-refractivity contribution in [2.75, 3.05) is 0 Å². The molecule has 0 atom stereocenters. The molecule has 1 aromatic heterocycles. The summed E-state index contributed by atoms with van der Waals surface area (Å²) in [7, 11) is 0.450. The van der Waals surface area contributed by atoms with Crippen molar-refractivity contribution >= 4 is 43.9 Å². The highest BCUT2D eigenvalue weighted by atomic mass is 35.5. The molecule has 194 valence electrons. The van der Waals surface area contributed by atoms with Gasteiger partial charge in [0.2, 0.25) is 6.71 Å². The molecule has 40 heavy (non-hydrogen) atoms. The normalized spacial score (nSPS) is 10.8. The molecular formula is C35H30BClN2Si. The van der Waals surface area contributed by atoms with E-state index in [1.807, 2.05) is 30.9 Å². The minimum Gasteiger partial charge on any atom is -0.326 e. The van der Waals surface area contributed by atoms with E-state index < -0.39 is 0 Å². The summed E-state index contributed by atoms with van der Waals surface area (Å²) >= 11 is 6.28. The van der Waals surface area contributed by atoms with Crippen LogP contribution in [0.3, 0.4) is 0 Å². The fourth-order valence-electron chi connectivity index (χ4n) is 4.94. The van der Waals surface area contributed by atoms with Gasteiger partial charge in [-0.3, -0.25) is 0 Å². The van der Waals surface area contributed by atoms with Crippen LogP contribution in [0.1, 0.15) is 11.1 Å². The van der Waals surface area contributed by atoms with E-state index in [0.29, 0.717) is 16.2 Å². The average Bonchev–Trinajstić information content (AvgIpc) is 3.57. The molecule has 0 saturated carbocycles. The van der Waals surface area contributed by atoms with E-state index in [1.165, 1.54) is 27.2 Å². The van der Waals surface area contributed by atoms with Crippen LogP contribution in [0.25, 0.3) is 0 Å². The zero-order valence-corrected chi connectivity index (χ0v) is 24.2. The van der Waals surface area contributed by atoms with Gasteiger partial charge >= 0.3 is 0 Å². The molecule has 0 aliphatic heterocycles. The SMILES string of the molecule is CB(c1ccccc1)c1ccccc1.Clc1cccc([Si]C(c2ccccc2)(c2ccccc2)n2ccnc2)c1. The Morgan fingerprint density at radius 2 is 1.15 bits per heavy atom. The predicted octanol–water partition coefficient (Wildman–Crippen LogP) is 6.24. The molecular weight excluding hydrogens is 523 g/mol. The molecule has 0 amide bonds. The van der Waals surface area contributed by atoms with Gasteiger partial charge in [0, 0.05) is 17.4 Å². The first-order chi connectivity index (χ1) is 19.7. The van der Waals surface area contributed by atoms with Crippen molar-refractivity contribution in [2.45, 2.75) is 12.0 Å². The lowest BCUT2D eigenvalue weighted by molar-refractivity contribution is 0.596. The van der Waals surface area contributed by atoms with E-state index in [9.17, 15) is 0 Å². The van der Waals surface area contributed by atoms with E-state index in [0.717, 1.165) is 5.02 Å². The number of nitrogens with zero attached hydrogens (tertiary/aromatic N) is 2. The third-order valence-corrected chi connectivity index (χ3v) is 9.06. The lowest BCUT2D eigenvalue weighted by Crippen LogP contribution is -2.46. The fourth-order valence-corrected chi connectivity index (χ4v) is 6.93. The maximum atomic E-state index is 6.28. The van der Waals surface area contributed by atoms with Crippen LogP contribution in [0.5, 0.6) is 0 Å². The summed E-state index contributed by atoms with van der Waals surface area (Å²) < 4.78 is 2.21. The first kappa shape index (κ1) is 27.4.